The van der Waals surface area contributed by atoms with Crippen molar-refractivity contribution in [2.75, 3.05) is 46.3 Å². The van der Waals surface area contributed by atoms with Crippen molar-refractivity contribution in [1.29, 1.82) is 0 Å². The van der Waals surface area contributed by atoms with Crippen molar-refractivity contribution in [3.8, 4) is 0 Å². The van der Waals surface area contributed by atoms with Crippen LogP contribution in [0.25, 0.3) is 0 Å². The molecule has 4 rings (SSSR count). The highest BCUT2D eigenvalue weighted by Gasteiger charge is 2.60. The number of amides is 2. The zero-order valence-corrected chi connectivity index (χ0v) is 21.2. The summed E-state index contributed by atoms with van der Waals surface area (Å²) in [6.45, 7) is 6.43. The maximum Gasteiger partial charge on any atom is 0.359 e. The lowest BCUT2D eigenvalue weighted by Gasteiger charge is -2.46. The lowest BCUT2D eigenvalue weighted by molar-refractivity contribution is -0.900. The average Bonchev–Trinajstić information content (AvgIpc) is 3.25. The van der Waals surface area contributed by atoms with Crippen molar-refractivity contribution >= 4 is 35.5 Å². The molecule has 0 bridgehead atoms. The van der Waals surface area contributed by atoms with E-state index < -0.39 is 24.0 Å². The zero-order valence-electron chi connectivity index (χ0n) is 20.3. The molecular formula is C23H35N4O7S+. The molecule has 2 amide bonds. The normalized spacial score (nSPS) is 36.0. The van der Waals surface area contributed by atoms with Gasteiger partial charge in [-0.2, -0.15) is 0 Å². The maximum absolute atomic E-state index is 13.2. The number of rotatable bonds is 7. The van der Waals surface area contributed by atoms with Crippen LogP contribution in [0.3, 0.4) is 0 Å². The highest BCUT2D eigenvalue weighted by molar-refractivity contribution is 8.03. The van der Waals surface area contributed by atoms with Crippen molar-refractivity contribution in [3.63, 3.8) is 0 Å². The molecule has 0 aromatic rings. The third-order valence-corrected chi connectivity index (χ3v) is 9.37. The molecule has 0 unspecified atom stereocenters. The molecule has 0 saturated carbocycles. The number of carboxylic acid groups (broad SMARTS) is 2. The van der Waals surface area contributed by atoms with Gasteiger partial charge in [-0.05, 0) is 13.3 Å². The smallest absolute Gasteiger partial charge is 0.359 e. The van der Waals surface area contributed by atoms with Crippen LogP contribution < -0.4 is 5.32 Å². The molecule has 4 N–H and O–H groups in total. The summed E-state index contributed by atoms with van der Waals surface area (Å²) in [7, 11) is 1.91. The molecule has 4 aliphatic rings. The number of hydrogen-bond acceptors (Lipinski definition) is 7. The number of hydrogen-bond donors (Lipinski definition) is 4. The SMILES string of the molecule is C[C@@H](O)[C@H]1C(=O)N2C(C(=O)O)=C(S[C@@H]3CN[C@H](C(=O)N4CCC[N@@+](C)(CC(=O)O)CC4)C3)[C@H](C)[C@H]12. The quantitative estimate of drug-likeness (QED) is 0.259. The first-order valence-corrected chi connectivity index (χ1v) is 13.0. The number of fused-ring (bicyclic) bond motifs is 1. The van der Waals surface area contributed by atoms with Crippen molar-refractivity contribution in [2.45, 2.75) is 50.1 Å². The van der Waals surface area contributed by atoms with Crippen LogP contribution in [0.2, 0.25) is 0 Å². The number of thioether (sulfide) groups is 1. The van der Waals surface area contributed by atoms with Gasteiger partial charge in [0.25, 0.3) is 0 Å². The van der Waals surface area contributed by atoms with Crippen molar-refractivity contribution in [1.82, 2.24) is 15.1 Å². The van der Waals surface area contributed by atoms with Gasteiger partial charge in [-0.15, -0.1) is 11.8 Å². The van der Waals surface area contributed by atoms with Crippen LogP contribution in [0, 0.1) is 11.8 Å². The van der Waals surface area contributed by atoms with Crippen LogP contribution in [0.4, 0.5) is 0 Å². The van der Waals surface area contributed by atoms with E-state index in [1.807, 2.05) is 18.9 Å². The summed E-state index contributed by atoms with van der Waals surface area (Å²) in [5.41, 5.74) is 0.00665. The second-order valence-corrected chi connectivity index (χ2v) is 11.8. The zero-order chi connectivity index (χ0) is 25.7. The molecule has 3 fully saturated rings. The minimum atomic E-state index is -1.15. The van der Waals surface area contributed by atoms with Crippen LogP contribution in [-0.2, 0) is 19.2 Å². The van der Waals surface area contributed by atoms with Gasteiger partial charge in [0.1, 0.15) is 5.70 Å². The number of quaternary nitrogens is 1. The Morgan fingerprint density at radius 3 is 2.57 bits per heavy atom. The van der Waals surface area contributed by atoms with Gasteiger partial charge in [-0.1, -0.05) is 6.92 Å². The lowest BCUT2D eigenvalue weighted by Crippen LogP contribution is -2.63. The second kappa shape index (κ2) is 9.72. The number of aliphatic carboxylic acids is 2. The summed E-state index contributed by atoms with van der Waals surface area (Å²) in [5.74, 6) is -3.14. The highest BCUT2D eigenvalue weighted by Crippen LogP contribution is 2.51. The number of aliphatic hydroxyl groups excluding tert-OH is 1. The molecule has 12 heteroatoms. The molecule has 0 radical (unpaired) electrons. The summed E-state index contributed by atoms with van der Waals surface area (Å²) in [5, 5.41) is 32.3. The molecule has 11 nitrogen and oxygen atoms in total. The average molecular weight is 512 g/mol. The van der Waals surface area contributed by atoms with Crippen LogP contribution >= 0.6 is 11.8 Å². The minimum absolute atomic E-state index is 0.00282. The number of carboxylic acids is 2. The van der Waals surface area contributed by atoms with E-state index in [1.165, 1.54) is 16.7 Å². The van der Waals surface area contributed by atoms with Crippen LogP contribution in [-0.4, -0.2) is 123 Å². The van der Waals surface area contributed by atoms with Crippen LogP contribution in [0.5, 0.6) is 0 Å². The fourth-order valence-electron chi connectivity index (χ4n) is 5.99. The number of β-lactam (4-membered cyclic amide) rings is 1. The van der Waals surface area contributed by atoms with Gasteiger partial charge in [0.2, 0.25) is 11.8 Å². The van der Waals surface area contributed by atoms with E-state index in [0.29, 0.717) is 48.5 Å². The third-order valence-electron chi connectivity index (χ3n) is 7.86. The highest BCUT2D eigenvalue weighted by atomic mass is 32.2. The van der Waals surface area contributed by atoms with E-state index in [4.69, 9.17) is 0 Å². The van der Waals surface area contributed by atoms with Crippen molar-refractivity contribution in [3.05, 3.63) is 10.6 Å². The molecule has 0 spiro atoms. The van der Waals surface area contributed by atoms with Crippen molar-refractivity contribution in [2.24, 2.45) is 11.8 Å². The number of carbonyl (C=O) groups excluding carboxylic acids is 2. The van der Waals surface area contributed by atoms with Gasteiger partial charge >= 0.3 is 11.9 Å². The van der Waals surface area contributed by atoms with Gasteiger partial charge < -0.3 is 34.9 Å². The van der Waals surface area contributed by atoms with Gasteiger partial charge in [0.15, 0.2) is 6.54 Å². The number of nitrogens with zero attached hydrogens (tertiary/aromatic N) is 3. The van der Waals surface area contributed by atoms with Gasteiger partial charge in [0, 0.05) is 35.6 Å². The summed E-state index contributed by atoms with van der Waals surface area (Å²) in [6.07, 6.45) is 0.441. The second-order valence-electron chi connectivity index (χ2n) is 10.5. The monoisotopic (exact) mass is 511 g/mol. The van der Waals surface area contributed by atoms with Crippen LogP contribution in [0.15, 0.2) is 10.6 Å². The Bertz CT molecular complexity index is 956. The summed E-state index contributed by atoms with van der Waals surface area (Å²) < 4.78 is 0.406. The first-order valence-electron chi connectivity index (χ1n) is 12.2. The molecular weight excluding hydrogens is 476 g/mol. The fraction of sp³-hybridized carbons (Fsp3) is 0.739. The number of aliphatic hydroxyl groups is 1. The minimum Gasteiger partial charge on any atom is -0.477 e. The van der Waals surface area contributed by atoms with Crippen LogP contribution in [0.1, 0.15) is 26.7 Å². The molecule has 4 heterocycles. The summed E-state index contributed by atoms with van der Waals surface area (Å²) in [4.78, 5) is 52.8. The fourth-order valence-corrected chi connectivity index (χ4v) is 7.47. The Morgan fingerprint density at radius 1 is 1.23 bits per heavy atom. The van der Waals surface area contributed by atoms with Gasteiger partial charge in [-0.25, -0.2) is 9.59 Å². The molecule has 194 valence electrons. The molecule has 0 aromatic carbocycles. The molecule has 3 saturated heterocycles. The molecule has 0 aromatic heterocycles. The first-order chi connectivity index (χ1) is 16.4. The molecule has 0 aliphatic carbocycles. The maximum atomic E-state index is 13.2. The molecule has 7 atom stereocenters. The summed E-state index contributed by atoms with van der Waals surface area (Å²) in [6, 6.07) is -0.725. The van der Waals surface area contributed by atoms with Crippen molar-refractivity contribution < 1.29 is 39.0 Å². The van der Waals surface area contributed by atoms with E-state index in [9.17, 15) is 34.5 Å². The Morgan fingerprint density at radius 2 is 1.94 bits per heavy atom. The molecule has 4 aliphatic heterocycles. The van der Waals surface area contributed by atoms with E-state index in [2.05, 4.69) is 5.32 Å². The topological polar surface area (TPSA) is 147 Å². The van der Waals surface area contributed by atoms with Gasteiger partial charge in [-0.3, -0.25) is 9.59 Å². The molecule has 35 heavy (non-hydrogen) atoms. The standard InChI is InChI=1S/C23H34N4O7S/c1-12-18-17(13(2)28)22(32)26(18)19(23(33)34)20(12)35-14-9-15(24-10-14)21(31)25-5-4-7-27(3,8-6-25)11-16(29)30/h12-15,17-18,24,28H,4-11H2,1-3H3,(H-,29,30,33,34)/p+1/t12-,13-,14+,15+,17-,18-,27-/m1/s1. The van der Waals surface area contributed by atoms with E-state index in [1.54, 1.807) is 6.92 Å². The largest absolute Gasteiger partial charge is 0.477 e. The Balaban J connectivity index is 1.39. The Labute approximate surface area is 208 Å². The van der Waals surface area contributed by atoms with E-state index in [-0.39, 0.29) is 47.3 Å². The Hall–Kier alpha value is -2.15. The van der Waals surface area contributed by atoms with E-state index >= 15 is 0 Å². The van der Waals surface area contributed by atoms with Gasteiger partial charge in [0.05, 0.1) is 50.8 Å². The lowest BCUT2D eigenvalue weighted by atomic mass is 9.79. The third kappa shape index (κ3) is 4.81. The Kier molecular flexibility index (Phi) is 7.20. The number of likely N-dealkylation sites (N-methyl/N-ethyl adjacent to an activating group) is 1. The first kappa shape index (κ1) is 25.9. The number of nitrogens with one attached hydrogen (secondary N) is 1. The predicted molar refractivity (Wildman–Crippen MR) is 127 cm³/mol. The summed E-state index contributed by atoms with van der Waals surface area (Å²) >= 11 is 1.42. The van der Waals surface area contributed by atoms with E-state index in [0.717, 1.165) is 6.42 Å². The number of carbonyl (C=O) groups is 4. The predicted octanol–water partition coefficient (Wildman–Crippen LogP) is -0.633.